The molecule has 0 aliphatic carbocycles. The molecule has 0 spiro atoms. The minimum absolute atomic E-state index is 0.807. The SMILES string of the molecule is COc1ccc(Br)cc1CSc1nc2ccc(C)cc2[nH]1. The van der Waals surface area contributed by atoms with Gasteiger partial charge in [0.15, 0.2) is 5.16 Å². The zero-order chi connectivity index (χ0) is 14.8. The van der Waals surface area contributed by atoms with Gasteiger partial charge in [-0.1, -0.05) is 33.8 Å². The zero-order valence-electron chi connectivity index (χ0n) is 11.8. The number of halogens is 1. The number of methoxy groups -OCH3 is 1. The van der Waals surface area contributed by atoms with E-state index >= 15 is 0 Å². The van der Waals surface area contributed by atoms with Gasteiger partial charge in [-0.15, -0.1) is 0 Å². The number of nitrogens with zero attached hydrogens (tertiary/aromatic N) is 1. The molecule has 0 aliphatic heterocycles. The van der Waals surface area contributed by atoms with E-state index < -0.39 is 0 Å². The van der Waals surface area contributed by atoms with Gasteiger partial charge in [0.2, 0.25) is 0 Å². The van der Waals surface area contributed by atoms with Crippen LogP contribution in [0, 0.1) is 6.92 Å². The highest BCUT2D eigenvalue weighted by molar-refractivity contribution is 9.10. The van der Waals surface area contributed by atoms with Crippen LogP contribution in [0.15, 0.2) is 46.0 Å². The number of fused-ring (bicyclic) bond motifs is 1. The number of H-pyrrole nitrogens is 1. The van der Waals surface area contributed by atoms with Crippen LogP contribution in [-0.4, -0.2) is 17.1 Å². The van der Waals surface area contributed by atoms with Crippen molar-refractivity contribution in [1.29, 1.82) is 0 Å². The number of hydrogen-bond acceptors (Lipinski definition) is 3. The van der Waals surface area contributed by atoms with Gasteiger partial charge in [-0.2, -0.15) is 0 Å². The Bertz CT molecular complexity index is 785. The quantitative estimate of drug-likeness (QED) is 0.668. The fourth-order valence-electron chi connectivity index (χ4n) is 2.17. The molecule has 108 valence electrons. The summed E-state index contributed by atoms with van der Waals surface area (Å²) in [7, 11) is 1.70. The van der Waals surface area contributed by atoms with Gasteiger partial charge in [0.1, 0.15) is 5.75 Å². The number of aromatic amines is 1. The second-order valence-electron chi connectivity index (χ2n) is 4.81. The Kier molecular flexibility index (Phi) is 4.22. The predicted molar refractivity (Wildman–Crippen MR) is 91.1 cm³/mol. The minimum atomic E-state index is 0.807. The molecule has 1 N–H and O–H groups in total. The summed E-state index contributed by atoms with van der Waals surface area (Å²) >= 11 is 5.18. The number of aromatic nitrogens is 2. The van der Waals surface area contributed by atoms with Crippen LogP contribution < -0.4 is 4.74 Å². The number of rotatable bonds is 4. The Morgan fingerprint density at radius 2 is 2.10 bits per heavy atom. The Hall–Kier alpha value is -1.46. The molecular weight excluding hydrogens is 348 g/mol. The van der Waals surface area contributed by atoms with E-state index in [2.05, 4.69) is 51.0 Å². The molecule has 1 heterocycles. The van der Waals surface area contributed by atoms with E-state index in [1.54, 1.807) is 18.9 Å². The van der Waals surface area contributed by atoms with Gasteiger partial charge in [0.25, 0.3) is 0 Å². The average Bonchev–Trinajstić information content (AvgIpc) is 2.87. The Labute approximate surface area is 136 Å². The summed E-state index contributed by atoms with van der Waals surface area (Å²) in [5.41, 5.74) is 4.47. The number of aryl methyl sites for hydroxylation is 1. The van der Waals surface area contributed by atoms with Gasteiger partial charge in [-0.25, -0.2) is 4.98 Å². The maximum atomic E-state index is 5.40. The highest BCUT2D eigenvalue weighted by Crippen LogP contribution is 2.30. The molecule has 1 aromatic heterocycles. The van der Waals surface area contributed by atoms with Crippen molar-refractivity contribution < 1.29 is 4.74 Å². The van der Waals surface area contributed by atoms with Crippen LogP contribution in [0.4, 0.5) is 0 Å². The molecule has 0 bridgehead atoms. The molecule has 3 aromatic rings. The van der Waals surface area contributed by atoms with E-state index in [9.17, 15) is 0 Å². The molecule has 2 aromatic carbocycles. The lowest BCUT2D eigenvalue weighted by Gasteiger charge is -2.07. The second-order valence-corrected chi connectivity index (χ2v) is 6.69. The Morgan fingerprint density at radius 3 is 2.90 bits per heavy atom. The number of hydrogen-bond donors (Lipinski definition) is 1. The fraction of sp³-hybridized carbons (Fsp3) is 0.188. The molecule has 0 saturated heterocycles. The van der Waals surface area contributed by atoms with Crippen LogP contribution in [0.25, 0.3) is 11.0 Å². The molecule has 0 fully saturated rings. The lowest BCUT2D eigenvalue weighted by atomic mass is 10.2. The first-order valence-electron chi connectivity index (χ1n) is 6.57. The van der Waals surface area contributed by atoms with Gasteiger partial charge < -0.3 is 9.72 Å². The number of imidazole rings is 1. The lowest BCUT2D eigenvalue weighted by molar-refractivity contribution is 0.411. The van der Waals surface area contributed by atoms with Crippen molar-refractivity contribution in [2.75, 3.05) is 7.11 Å². The largest absolute Gasteiger partial charge is 0.496 e. The van der Waals surface area contributed by atoms with E-state index in [1.165, 1.54) is 5.56 Å². The lowest BCUT2D eigenvalue weighted by Crippen LogP contribution is -1.90. The smallest absolute Gasteiger partial charge is 0.166 e. The molecule has 0 atom stereocenters. The number of ether oxygens (including phenoxy) is 1. The second kappa shape index (κ2) is 6.12. The van der Waals surface area contributed by atoms with Gasteiger partial charge in [-0.3, -0.25) is 0 Å². The summed E-state index contributed by atoms with van der Waals surface area (Å²) in [5.74, 6) is 1.71. The summed E-state index contributed by atoms with van der Waals surface area (Å²) in [6, 6.07) is 12.3. The summed E-state index contributed by atoms with van der Waals surface area (Å²) in [6.45, 7) is 2.08. The number of thioether (sulfide) groups is 1. The topological polar surface area (TPSA) is 37.9 Å². The molecule has 3 nitrogen and oxygen atoms in total. The van der Waals surface area contributed by atoms with E-state index in [0.717, 1.165) is 37.7 Å². The van der Waals surface area contributed by atoms with Crippen LogP contribution in [0.1, 0.15) is 11.1 Å². The van der Waals surface area contributed by atoms with Crippen LogP contribution in [-0.2, 0) is 5.75 Å². The summed E-state index contributed by atoms with van der Waals surface area (Å²) < 4.78 is 6.45. The van der Waals surface area contributed by atoms with Crippen molar-refractivity contribution in [2.45, 2.75) is 17.8 Å². The molecule has 0 saturated carbocycles. The van der Waals surface area contributed by atoms with Gasteiger partial charge >= 0.3 is 0 Å². The first-order valence-corrected chi connectivity index (χ1v) is 8.35. The zero-order valence-corrected chi connectivity index (χ0v) is 14.2. The third kappa shape index (κ3) is 3.24. The minimum Gasteiger partial charge on any atom is -0.496 e. The first-order chi connectivity index (χ1) is 10.2. The van der Waals surface area contributed by atoms with E-state index in [0.29, 0.717) is 0 Å². The normalized spacial score (nSPS) is 11.0. The molecule has 0 amide bonds. The fourth-order valence-corrected chi connectivity index (χ4v) is 3.45. The van der Waals surface area contributed by atoms with Crippen molar-refractivity contribution in [2.24, 2.45) is 0 Å². The molecule has 0 radical (unpaired) electrons. The van der Waals surface area contributed by atoms with Gasteiger partial charge in [0.05, 0.1) is 18.1 Å². The van der Waals surface area contributed by atoms with Crippen LogP contribution in [0.2, 0.25) is 0 Å². The Balaban J connectivity index is 1.81. The summed E-state index contributed by atoms with van der Waals surface area (Å²) in [4.78, 5) is 7.96. The number of benzene rings is 2. The standard InChI is InChI=1S/C16H15BrN2OS/c1-10-3-5-13-14(7-10)19-16(18-13)21-9-11-8-12(17)4-6-15(11)20-2/h3-8H,9H2,1-2H3,(H,18,19). The highest BCUT2D eigenvalue weighted by atomic mass is 79.9. The highest BCUT2D eigenvalue weighted by Gasteiger charge is 2.08. The van der Waals surface area contributed by atoms with Crippen LogP contribution in [0.5, 0.6) is 5.75 Å². The number of nitrogens with one attached hydrogen (secondary N) is 1. The van der Waals surface area contributed by atoms with Crippen molar-refractivity contribution in [3.63, 3.8) is 0 Å². The van der Waals surface area contributed by atoms with Gasteiger partial charge in [-0.05, 0) is 42.8 Å². The molecular formula is C16H15BrN2OS. The predicted octanol–water partition coefficient (Wildman–Crippen LogP) is 4.93. The summed E-state index contributed by atoms with van der Waals surface area (Å²) in [6.07, 6.45) is 0. The molecule has 3 rings (SSSR count). The molecule has 21 heavy (non-hydrogen) atoms. The van der Waals surface area contributed by atoms with E-state index in [1.807, 2.05) is 18.2 Å². The molecule has 0 unspecified atom stereocenters. The maximum Gasteiger partial charge on any atom is 0.166 e. The van der Waals surface area contributed by atoms with Crippen molar-refractivity contribution >= 4 is 38.7 Å². The Morgan fingerprint density at radius 1 is 1.24 bits per heavy atom. The third-order valence-electron chi connectivity index (χ3n) is 3.22. The van der Waals surface area contributed by atoms with E-state index in [4.69, 9.17) is 4.74 Å². The van der Waals surface area contributed by atoms with Crippen molar-refractivity contribution in [1.82, 2.24) is 9.97 Å². The average molecular weight is 363 g/mol. The van der Waals surface area contributed by atoms with Gasteiger partial charge in [0, 0.05) is 15.8 Å². The third-order valence-corrected chi connectivity index (χ3v) is 4.64. The molecule has 0 aliphatic rings. The first kappa shape index (κ1) is 14.5. The monoisotopic (exact) mass is 362 g/mol. The maximum absolute atomic E-state index is 5.40. The molecule has 5 heteroatoms. The van der Waals surface area contributed by atoms with Crippen LogP contribution in [0.3, 0.4) is 0 Å². The van der Waals surface area contributed by atoms with E-state index in [-0.39, 0.29) is 0 Å². The van der Waals surface area contributed by atoms with Crippen molar-refractivity contribution in [3.05, 3.63) is 52.0 Å². The van der Waals surface area contributed by atoms with Crippen LogP contribution >= 0.6 is 27.7 Å². The summed E-state index contributed by atoms with van der Waals surface area (Å²) in [5, 5.41) is 0.928. The van der Waals surface area contributed by atoms with Crippen molar-refractivity contribution in [3.8, 4) is 5.75 Å².